The van der Waals surface area contributed by atoms with Gasteiger partial charge >= 0.3 is 0 Å². The van der Waals surface area contributed by atoms with Crippen molar-refractivity contribution in [3.63, 3.8) is 0 Å². The van der Waals surface area contributed by atoms with Gasteiger partial charge in [0, 0.05) is 12.2 Å². The summed E-state index contributed by atoms with van der Waals surface area (Å²) in [5, 5.41) is 0. The average Bonchev–Trinajstić information content (AvgIpc) is 2.56. The number of nitrogen functional groups attached to an aromatic ring is 1. The summed E-state index contributed by atoms with van der Waals surface area (Å²) in [5.74, 6) is 1.31. The summed E-state index contributed by atoms with van der Waals surface area (Å²) in [6.45, 7) is 2.74. The standard InChI is InChI=1S/C17H22N2O4S/c1-3-23-16-9-4-13(12-17(16)22-2)10-11-19-24(20,21)15-7-5-14(18)6-8-15/h4-9,12,19H,3,10-11,18H2,1-2H3. The van der Waals surface area contributed by atoms with Crippen LogP contribution in [0.15, 0.2) is 47.4 Å². The SMILES string of the molecule is CCOc1ccc(CCNS(=O)(=O)c2ccc(N)cc2)cc1OC. The molecule has 2 rings (SSSR count). The molecule has 0 saturated heterocycles. The van der Waals surface area contributed by atoms with Crippen LogP contribution in [0.5, 0.6) is 11.5 Å². The summed E-state index contributed by atoms with van der Waals surface area (Å²) in [6.07, 6.45) is 0.539. The Morgan fingerprint density at radius 3 is 2.42 bits per heavy atom. The van der Waals surface area contributed by atoms with E-state index in [2.05, 4.69) is 4.72 Å². The Morgan fingerprint density at radius 2 is 1.79 bits per heavy atom. The third-order valence-electron chi connectivity index (χ3n) is 3.42. The maximum atomic E-state index is 12.2. The van der Waals surface area contributed by atoms with Crippen molar-refractivity contribution in [1.29, 1.82) is 0 Å². The Kier molecular flexibility index (Phi) is 6.05. The number of ether oxygens (including phenoxy) is 2. The first-order valence-electron chi connectivity index (χ1n) is 7.61. The van der Waals surface area contributed by atoms with Crippen LogP contribution in [0.1, 0.15) is 12.5 Å². The van der Waals surface area contributed by atoms with E-state index in [-0.39, 0.29) is 11.4 Å². The smallest absolute Gasteiger partial charge is 0.240 e. The van der Waals surface area contributed by atoms with Gasteiger partial charge in [0.2, 0.25) is 10.0 Å². The third kappa shape index (κ3) is 4.62. The second-order valence-corrected chi connectivity index (χ2v) is 6.90. The molecule has 0 aliphatic heterocycles. The Balaban J connectivity index is 1.99. The van der Waals surface area contributed by atoms with Crippen molar-refractivity contribution in [3.05, 3.63) is 48.0 Å². The highest BCUT2D eigenvalue weighted by molar-refractivity contribution is 7.89. The summed E-state index contributed by atoms with van der Waals surface area (Å²) in [6, 6.07) is 11.7. The van der Waals surface area contributed by atoms with Crippen LogP contribution >= 0.6 is 0 Å². The number of hydrogen-bond donors (Lipinski definition) is 2. The molecule has 0 fully saturated rings. The molecule has 0 heterocycles. The monoisotopic (exact) mass is 350 g/mol. The van der Waals surface area contributed by atoms with E-state index in [0.717, 1.165) is 5.56 Å². The van der Waals surface area contributed by atoms with Crippen LogP contribution in [0.4, 0.5) is 5.69 Å². The zero-order chi connectivity index (χ0) is 17.6. The first-order chi connectivity index (χ1) is 11.5. The molecule has 0 aliphatic rings. The molecule has 0 amide bonds. The lowest BCUT2D eigenvalue weighted by Crippen LogP contribution is -2.26. The molecule has 0 aromatic heterocycles. The molecule has 130 valence electrons. The van der Waals surface area contributed by atoms with Gasteiger partial charge in [0.15, 0.2) is 11.5 Å². The van der Waals surface area contributed by atoms with Crippen molar-refractivity contribution in [2.75, 3.05) is 26.0 Å². The minimum atomic E-state index is -3.54. The number of anilines is 1. The number of hydrogen-bond acceptors (Lipinski definition) is 5. The van der Waals surface area contributed by atoms with E-state index in [1.807, 2.05) is 25.1 Å². The van der Waals surface area contributed by atoms with E-state index in [0.29, 0.717) is 30.2 Å². The van der Waals surface area contributed by atoms with E-state index in [1.165, 1.54) is 12.1 Å². The van der Waals surface area contributed by atoms with Crippen molar-refractivity contribution >= 4 is 15.7 Å². The average molecular weight is 350 g/mol. The number of sulfonamides is 1. The quantitative estimate of drug-likeness (QED) is 0.712. The fourth-order valence-electron chi connectivity index (χ4n) is 2.20. The second kappa shape index (κ2) is 8.03. The highest BCUT2D eigenvalue weighted by Crippen LogP contribution is 2.28. The van der Waals surface area contributed by atoms with Crippen LogP contribution in [0, 0.1) is 0 Å². The molecular formula is C17H22N2O4S. The lowest BCUT2D eigenvalue weighted by molar-refractivity contribution is 0.310. The largest absolute Gasteiger partial charge is 0.493 e. The zero-order valence-electron chi connectivity index (χ0n) is 13.8. The molecular weight excluding hydrogens is 328 g/mol. The molecule has 7 heteroatoms. The Hall–Kier alpha value is -2.25. The molecule has 2 aromatic carbocycles. The van der Waals surface area contributed by atoms with Crippen LogP contribution in [0.2, 0.25) is 0 Å². The first kappa shape index (κ1) is 18.1. The topological polar surface area (TPSA) is 90.7 Å². The van der Waals surface area contributed by atoms with Gasteiger partial charge in [-0.15, -0.1) is 0 Å². The molecule has 6 nitrogen and oxygen atoms in total. The van der Waals surface area contributed by atoms with E-state index < -0.39 is 10.0 Å². The van der Waals surface area contributed by atoms with Crippen LogP contribution in [-0.2, 0) is 16.4 Å². The van der Waals surface area contributed by atoms with E-state index in [9.17, 15) is 8.42 Å². The van der Waals surface area contributed by atoms with E-state index in [4.69, 9.17) is 15.2 Å². The predicted molar refractivity (Wildman–Crippen MR) is 93.9 cm³/mol. The molecule has 24 heavy (non-hydrogen) atoms. The van der Waals surface area contributed by atoms with Gasteiger partial charge in [-0.2, -0.15) is 0 Å². The van der Waals surface area contributed by atoms with Gasteiger partial charge in [0.25, 0.3) is 0 Å². The highest BCUT2D eigenvalue weighted by atomic mass is 32.2. The predicted octanol–water partition coefficient (Wildman–Crippen LogP) is 2.20. The molecule has 0 bridgehead atoms. The zero-order valence-corrected chi connectivity index (χ0v) is 14.6. The van der Waals surface area contributed by atoms with E-state index in [1.54, 1.807) is 19.2 Å². The minimum Gasteiger partial charge on any atom is -0.493 e. The Morgan fingerprint density at radius 1 is 1.08 bits per heavy atom. The maximum absolute atomic E-state index is 12.2. The van der Waals surface area contributed by atoms with Crippen molar-refractivity contribution in [1.82, 2.24) is 4.72 Å². The van der Waals surface area contributed by atoms with Crippen LogP contribution in [-0.4, -0.2) is 28.7 Å². The first-order valence-corrected chi connectivity index (χ1v) is 9.09. The lowest BCUT2D eigenvalue weighted by atomic mass is 10.1. The van der Waals surface area contributed by atoms with Gasteiger partial charge in [0.05, 0.1) is 18.6 Å². The fraction of sp³-hybridized carbons (Fsp3) is 0.294. The molecule has 0 spiro atoms. The summed E-state index contributed by atoms with van der Waals surface area (Å²) in [7, 11) is -1.97. The Bertz CT molecular complexity index is 774. The van der Waals surface area contributed by atoms with Gasteiger partial charge in [-0.3, -0.25) is 0 Å². The molecule has 0 unspecified atom stereocenters. The number of nitrogens with one attached hydrogen (secondary N) is 1. The molecule has 2 aromatic rings. The van der Waals surface area contributed by atoms with Crippen molar-refractivity contribution in [2.45, 2.75) is 18.2 Å². The van der Waals surface area contributed by atoms with Gasteiger partial charge in [-0.1, -0.05) is 6.07 Å². The second-order valence-electron chi connectivity index (χ2n) is 5.14. The van der Waals surface area contributed by atoms with Gasteiger partial charge in [-0.25, -0.2) is 13.1 Å². The summed E-state index contributed by atoms with van der Waals surface area (Å²) in [5.41, 5.74) is 7.05. The van der Waals surface area contributed by atoms with Gasteiger partial charge in [0.1, 0.15) is 0 Å². The molecule has 0 atom stereocenters. The van der Waals surface area contributed by atoms with E-state index >= 15 is 0 Å². The summed E-state index contributed by atoms with van der Waals surface area (Å²) in [4.78, 5) is 0.195. The lowest BCUT2D eigenvalue weighted by Gasteiger charge is -2.11. The third-order valence-corrected chi connectivity index (χ3v) is 4.90. The fourth-order valence-corrected chi connectivity index (χ4v) is 3.23. The number of rotatable bonds is 8. The molecule has 0 radical (unpaired) electrons. The normalized spacial score (nSPS) is 11.2. The highest BCUT2D eigenvalue weighted by Gasteiger charge is 2.13. The summed E-state index contributed by atoms with van der Waals surface area (Å²) < 4.78 is 37.7. The van der Waals surface area contributed by atoms with Crippen molar-refractivity contribution in [2.24, 2.45) is 0 Å². The molecule has 0 aliphatic carbocycles. The van der Waals surface area contributed by atoms with Crippen molar-refractivity contribution < 1.29 is 17.9 Å². The number of methoxy groups -OCH3 is 1. The minimum absolute atomic E-state index is 0.195. The van der Waals surface area contributed by atoms with Gasteiger partial charge in [-0.05, 0) is 55.3 Å². The number of nitrogens with two attached hydrogens (primary N) is 1. The van der Waals surface area contributed by atoms with Crippen LogP contribution in [0.25, 0.3) is 0 Å². The van der Waals surface area contributed by atoms with Crippen LogP contribution in [0.3, 0.4) is 0 Å². The summed E-state index contributed by atoms with van der Waals surface area (Å²) >= 11 is 0. The molecule has 3 N–H and O–H groups in total. The van der Waals surface area contributed by atoms with Crippen LogP contribution < -0.4 is 19.9 Å². The van der Waals surface area contributed by atoms with Gasteiger partial charge < -0.3 is 15.2 Å². The molecule has 0 saturated carbocycles. The maximum Gasteiger partial charge on any atom is 0.240 e. The van der Waals surface area contributed by atoms with Crippen molar-refractivity contribution in [3.8, 4) is 11.5 Å². The number of benzene rings is 2. The Labute approximate surface area is 142 Å².